The van der Waals surface area contributed by atoms with Crippen molar-refractivity contribution in [2.75, 3.05) is 0 Å². The quantitative estimate of drug-likeness (QED) is 0.737. The summed E-state index contributed by atoms with van der Waals surface area (Å²) < 4.78 is 1.83. The summed E-state index contributed by atoms with van der Waals surface area (Å²) in [4.78, 5) is 11.4. The molecule has 0 N–H and O–H groups in total. The summed E-state index contributed by atoms with van der Waals surface area (Å²) in [5.41, 5.74) is 1.99. The maximum Gasteiger partial charge on any atom is 0.165 e. The highest BCUT2D eigenvalue weighted by Crippen LogP contribution is 2.05. The lowest BCUT2D eigenvalue weighted by molar-refractivity contribution is 0.0988. The van der Waals surface area contributed by atoms with Crippen LogP contribution in [0.25, 0.3) is 0 Å². The Hall–Kier alpha value is -1.90. The average molecular weight is 228 g/mol. The number of carbonyl (C=O) groups is 1. The van der Waals surface area contributed by atoms with Gasteiger partial charge in [0, 0.05) is 19.2 Å². The maximum atomic E-state index is 11.4. The van der Waals surface area contributed by atoms with Crippen LogP contribution in [0.15, 0.2) is 42.7 Å². The van der Waals surface area contributed by atoms with Crippen LogP contribution >= 0.6 is 0 Å². The van der Waals surface area contributed by atoms with E-state index in [9.17, 15) is 4.79 Å². The van der Waals surface area contributed by atoms with E-state index >= 15 is 0 Å². The molecule has 0 bridgehead atoms. The van der Waals surface area contributed by atoms with E-state index in [1.807, 2.05) is 36.0 Å². The number of Topliss-reactive ketones (excluding diaryl/α,β-unsaturated/α-hetero) is 1. The monoisotopic (exact) mass is 228 g/mol. The van der Waals surface area contributed by atoms with Crippen LogP contribution in [-0.4, -0.2) is 15.6 Å². The minimum Gasteiger partial charge on any atom is -0.294 e. The highest BCUT2D eigenvalue weighted by molar-refractivity contribution is 5.95. The molecule has 0 saturated heterocycles. The van der Waals surface area contributed by atoms with Gasteiger partial charge in [0.25, 0.3) is 0 Å². The summed E-state index contributed by atoms with van der Waals surface area (Å²) in [6.07, 6.45) is 4.94. The lowest BCUT2D eigenvalue weighted by Gasteiger charge is -2.01. The van der Waals surface area contributed by atoms with E-state index in [4.69, 9.17) is 0 Å². The van der Waals surface area contributed by atoms with Crippen molar-refractivity contribution in [3.05, 3.63) is 53.9 Å². The average Bonchev–Trinajstić information content (AvgIpc) is 2.85. The van der Waals surface area contributed by atoms with Crippen LogP contribution in [-0.2, 0) is 13.0 Å². The van der Waals surface area contributed by atoms with Gasteiger partial charge in [0.15, 0.2) is 5.78 Å². The highest BCUT2D eigenvalue weighted by Gasteiger charge is 2.05. The SMILES string of the molecule is CCC(=O)c1cnn(CCc2ccccc2)c1. The van der Waals surface area contributed by atoms with Gasteiger partial charge in [0.1, 0.15) is 0 Å². The second kappa shape index (κ2) is 5.43. The fraction of sp³-hybridized carbons (Fsp3) is 0.286. The van der Waals surface area contributed by atoms with E-state index in [1.54, 1.807) is 6.20 Å². The molecule has 0 spiro atoms. The smallest absolute Gasteiger partial charge is 0.165 e. The molecule has 0 unspecified atom stereocenters. The number of nitrogens with zero attached hydrogens (tertiary/aromatic N) is 2. The van der Waals surface area contributed by atoms with Crippen LogP contribution in [0.4, 0.5) is 0 Å². The molecular weight excluding hydrogens is 212 g/mol. The Morgan fingerprint density at radius 3 is 2.76 bits per heavy atom. The summed E-state index contributed by atoms with van der Waals surface area (Å²) in [5.74, 6) is 0.149. The Kier molecular flexibility index (Phi) is 3.70. The molecule has 0 atom stereocenters. The third-order valence-corrected chi connectivity index (χ3v) is 2.75. The molecular formula is C14H16N2O. The van der Waals surface area contributed by atoms with E-state index in [-0.39, 0.29) is 5.78 Å². The molecule has 0 radical (unpaired) electrons. The molecule has 1 aromatic carbocycles. The number of aryl methyl sites for hydroxylation is 2. The number of aromatic nitrogens is 2. The van der Waals surface area contributed by atoms with Crippen molar-refractivity contribution in [3.63, 3.8) is 0 Å². The molecule has 0 aliphatic heterocycles. The molecule has 1 heterocycles. The number of hydrogen-bond acceptors (Lipinski definition) is 2. The fourth-order valence-electron chi connectivity index (χ4n) is 1.72. The number of carbonyl (C=O) groups excluding carboxylic acids is 1. The predicted molar refractivity (Wildman–Crippen MR) is 67.0 cm³/mol. The Balaban J connectivity index is 1.96. The van der Waals surface area contributed by atoms with Crippen molar-refractivity contribution >= 4 is 5.78 Å². The van der Waals surface area contributed by atoms with Crippen molar-refractivity contribution in [1.82, 2.24) is 9.78 Å². The van der Waals surface area contributed by atoms with Crippen LogP contribution in [0.1, 0.15) is 29.3 Å². The van der Waals surface area contributed by atoms with Gasteiger partial charge in [-0.15, -0.1) is 0 Å². The molecule has 17 heavy (non-hydrogen) atoms. The Labute approximate surface area is 101 Å². The van der Waals surface area contributed by atoms with Gasteiger partial charge in [-0.1, -0.05) is 37.3 Å². The molecule has 0 amide bonds. The van der Waals surface area contributed by atoms with Crippen molar-refractivity contribution in [3.8, 4) is 0 Å². The third kappa shape index (κ3) is 3.03. The van der Waals surface area contributed by atoms with E-state index in [0.717, 1.165) is 13.0 Å². The van der Waals surface area contributed by atoms with Gasteiger partial charge < -0.3 is 0 Å². The minimum absolute atomic E-state index is 0.149. The number of hydrogen-bond donors (Lipinski definition) is 0. The van der Waals surface area contributed by atoms with E-state index in [0.29, 0.717) is 12.0 Å². The van der Waals surface area contributed by atoms with E-state index in [1.165, 1.54) is 5.56 Å². The number of benzene rings is 1. The van der Waals surface area contributed by atoms with Crippen molar-refractivity contribution < 1.29 is 4.79 Å². The molecule has 88 valence electrons. The normalized spacial score (nSPS) is 10.4. The molecule has 2 aromatic rings. The molecule has 3 heteroatoms. The van der Waals surface area contributed by atoms with Gasteiger partial charge in [-0.25, -0.2) is 0 Å². The first-order chi connectivity index (χ1) is 8.29. The molecule has 3 nitrogen and oxygen atoms in total. The summed E-state index contributed by atoms with van der Waals surface area (Å²) in [7, 11) is 0. The van der Waals surface area contributed by atoms with Crippen LogP contribution in [0, 0.1) is 0 Å². The number of ketones is 1. The summed E-state index contributed by atoms with van der Waals surface area (Å²) in [6, 6.07) is 10.3. The zero-order chi connectivity index (χ0) is 12.1. The highest BCUT2D eigenvalue weighted by atomic mass is 16.1. The van der Waals surface area contributed by atoms with Gasteiger partial charge in [-0.2, -0.15) is 5.10 Å². The van der Waals surface area contributed by atoms with Gasteiger partial charge in [-0.05, 0) is 12.0 Å². The molecule has 1 aromatic heterocycles. The molecule has 0 saturated carbocycles. The van der Waals surface area contributed by atoms with Gasteiger partial charge in [0.2, 0.25) is 0 Å². The maximum absolute atomic E-state index is 11.4. The zero-order valence-electron chi connectivity index (χ0n) is 9.97. The topological polar surface area (TPSA) is 34.9 Å². The van der Waals surface area contributed by atoms with Crippen LogP contribution in [0.2, 0.25) is 0 Å². The molecule has 0 aliphatic carbocycles. The second-order valence-electron chi connectivity index (χ2n) is 4.00. The Morgan fingerprint density at radius 2 is 2.06 bits per heavy atom. The van der Waals surface area contributed by atoms with Crippen molar-refractivity contribution in [2.45, 2.75) is 26.3 Å². The van der Waals surface area contributed by atoms with Gasteiger partial charge in [0.05, 0.1) is 11.8 Å². The third-order valence-electron chi connectivity index (χ3n) is 2.75. The molecule has 2 rings (SSSR count). The second-order valence-corrected chi connectivity index (χ2v) is 4.00. The first-order valence-corrected chi connectivity index (χ1v) is 5.89. The summed E-state index contributed by atoms with van der Waals surface area (Å²) >= 11 is 0. The molecule has 0 fully saturated rings. The number of rotatable bonds is 5. The van der Waals surface area contributed by atoms with Crippen LogP contribution < -0.4 is 0 Å². The minimum atomic E-state index is 0.149. The van der Waals surface area contributed by atoms with Gasteiger partial charge >= 0.3 is 0 Å². The van der Waals surface area contributed by atoms with Crippen molar-refractivity contribution in [1.29, 1.82) is 0 Å². The predicted octanol–water partition coefficient (Wildman–Crippen LogP) is 2.72. The first kappa shape index (κ1) is 11.6. The first-order valence-electron chi connectivity index (χ1n) is 5.89. The Morgan fingerprint density at radius 1 is 1.29 bits per heavy atom. The molecule has 0 aliphatic rings. The van der Waals surface area contributed by atoms with E-state index < -0.39 is 0 Å². The van der Waals surface area contributed by atoms with Crippen LogP contribution in [0.5, 0.6) is 0 Å². The summed E-state index contributed by atoms with van der Waals surface area (Å²) in [5, 5.41) is 4.20. The largest absolute Gasteiger partial charge is 0.294 e. The standard InChI is InChI=1S/C14H16N2O/c1-2-14(17)13-10-15-16(11-13)9-8-12-6-4-3-5-7-12/h3-7,10-11H,2,8-9H2,1H3. The fourth-order valence-corrected chi connectivity index (χ4v) is 1.72. The zero-order valence-corrected chi connectivity index (χ0v) is 9.97. The van der Waals surface area contributed by atoms with Crippen LogP contribution in [0.3, 0.4) is 0 Å². The van der Waals surface area contributed by atoms with Crippen molar-refractivity contribution in [2.24, 2.45) is 0 Å². The summed E-state index contributed by atoms with van der Waals surface area (Å²) in [6.45, 7) is 2.67. The van der Waals surface area contributed by atoms with Gasteiger partial charge in [-0.3, -0.25) is 9.48 Å². The lowest BCUT2D eigenvalue weighted by Crippen LogP contribution is -2.01. The Bertz CT molecular complexity index is 488. The lowest BCUT2D eigenvalue weighted by atomic mass is 10.1. The van der Waals surface area contributed by atoms with E-state index in [2.05, 4.69) is 17.2 Å².